The monoisotopic (exact) mass is 281 g/mol. The van der Waals surface area contributed by atoms with E-state index in [2.05, 4.69) is 15.5 Å². The molecule has 6 heteroatoms. The number of aromatic nitrogens is 4. The zero-order chi connectivity index (χ0) is 14.2. The molecular weight excluding hydrogens is 254 g/mol. The highest BCUT2D eigenvalue weighted by atomic mass is 16.5. The summed E-state index contributed by atoms with van der Waals surface area (Å²) < 4.78 is 7.89. The average Bonchev–Trinajstić information content (AvgIpc) is 2.94. The number of ether oxygens (including phenoxy) is 1. The topological polar surface area (TPSA) is 78.9 Å². The van der Waals surface area contributed by atoms with E-state index >= 15 is 0 Å². The van der Waals surface area contributed by atoms with Crippen LogP contribution in [-0.4, -0.2) is 33.4 Å². The lowest BCUT2D eigenvalue weighted by Gasteiger charge is -2.29. The van der Waals surface area contributed by atoms with Crippen LogP contribution in [0.2, 0.25) is 0 Å². The molecule has 0 aliphatic heterocycles. The molecular formula is C14H27N5O. The van der Waals surface area contributed by atoms with Gasteiger partial charge in [-0.1, -0.05) is 19.3 Å². The van der Waals surface area contributed by atoms with E-state index < -0.39 is 0 Å². The Bertz CT molecular complexity index is 375. The molecule has 1 fully saturated rings. The van der Waals surface area contributed by atoms with Gasteiger partial charge in [-0.25, -0.2) is 4.68 Å². The van der Waals surface area contributed by atoms with Crippen molar-refractivity contribution in [3.05, 3.63) is 5.82 Å². The molecule has 0 spiro atoms. The third-order valence-electron chi connectivity index (χ3n) is 4.06. The van der Waals surface area contributed by atoms with Gasteiger partial charge in [-0.3, -0.25) is 0 Å². The SMILES string of the molecule is CCOC(c1nnnn1CCCCN)C1CCCCC1. The number of nitrogens with zero attached hydrogens (tertiary/aromatic N) is 4. The number of tetrazole rings is 1. The van der Waals surface area contributed by atoms with Gasteiger partial charge < -0.3 is 10.5 Å². The maximum atomic E-state index is 5.98. The van der Waals surface area contributed by atoms with Crippen LogP contribution in [0, 0.1) is 5.92 Å². The summed E-state index contributed by atoms with van der Waals surface area (Å²) in [7, 11) is 0. The Morgan fingerprint density at radius 1 is 1.30 bits per heavy atom. The summed E-state index contributed by atoms with van der Waals surface area (Å²) in [5, 5.41) is 12.2. The summed E-state index contributed by atoms with van der Waals surface area (Å²) >= 11 is 0. The Labute approximate surface area is 121 Å². The molecule has 1 atom stereocenters. The van der Waals surface area contributed by atoms with E-state index in [0.717, 1.165) is 31.8 Å². The Kier molecular flexibility index (Phi) is 6.39. The van der Waals surface area contributed by atoms with E-state index in [9.17, 15) is 0 Å². The molecule has 0 bridgehead atoms. The summed E-state index contributed by atoms with van der Waals surface area (Å²) in [5.74, 6) is 1.46. The van der Waals surface area contributed by atoms with Crippen molar-refractivity contribution < 1.29 is 4.74 Å². The van der Waals surface area contributed by atoms with Crippen LogP contribution in [0.5, 0.6) is 0 Å². The lowest BCUT2D eigenvalue weighted by molar-refractivity contribution is -0.00323. The van der Waals surface area contributed by atoms with Crippen molar-refractivity contribution in [1.29, 1.82) is 0 Å². The van der Waals surface area contributed by atoms with E-state index in [1.807, 2.05) is 11.6 Å². The first-order valence-corrected chi connectivity index (χ1v) is 7.94. The zero-order valence-corrected chi connectivity index (χ0v) is 12.5. The minimum atomic E-state index is 0.0492. The van der Waals surface area contributed by atoms with Crippen LogP contribution in [-0.2, 0) is 11.3 Å². The standard InChI is InChI=1S/C14H27N5O/c1-2-20-13(12-8-4-3-5-9-12)14-16-17-18-19(14)11-7-6-10-15/h12-13H,2-11,15H2,1H3. The third-order valence-corrected chi connectivity index (χ3v) is 4.06. The Morgan fingerprint density at radius 2 is 2.10 bits per heavy atom. The number of nitrogens with two attached hydrogens (primary N) is 1. The predicted octanol–water partition coefficient (Wildman–Crippen LogP) is 2.07. The summed E-state index contributed by atoms with van der Waals surface area (Å²) in [6, 6.07) is 0. The maximum Gasteiger partial charge on any atom is 0.180 e. The Morgan fingerprint density at radius 3 is 2.80 bits per heavy atom. The molecule has 6 nitrogen and oxygen atoms in total. The number of hydrogen-bond acceptors (Lipinski definition) is 5. The molecule has 1 heterocycles. The van der Waals surface area contributed by atoms with Gasteiger partial charge in [0.05, 0.1) is 0 Å². The van der Waals surface area contributed by atoms with Crippen LogP contribution in [0.15, 0.2) is 0 Å². The molecule has 0 saturated heterocycles. The van der Waals surface area contributed by atoms with Gasteiger partial charge in [-0.15, -0.1) is 5.10 Å². The lowest BCUT2D eigenvalue weighted by Crippen LogP contribution is -2.23. The van der Waals surface area contributed by atoms with E-state index in [-0.39, 0.29) is 6.10 Å². The van der Waals surface area contributed by atoms with Crippen molar-refractivity contribution in [2.24, 2.45) is 11.7 Å². The highest BCUT2D eigenvalue weighted by Crippen LogP contribution is 2.35. The Balaban J connectivity index is 2.05. The first kappa shape index (κ1) is 15.4. The van der Waals surface area contributed by atoms with Crippen molar-refractivity contribution in [1.82, 2.24) is 20.2 Å². The van der Waals surface area contributed by atoms with Gasteiger partial charge in [0.25, 0.3) is 0 Å². The second kappa shape index (κ2) is 8.32. The van der Waals surface area contributed by atoms with Crippen LogP contribution in [0.1, 0.15) is 63.8 Å². The van der Waals surface area contributed by atoms with Crippen molar-refractivity contribution in [2.45, 2.75) is 64.5 Å². The molecule has 0 aromatic carbocycles. The summed E-state index contributed by atoms with van der Waals surface area (Å²) in [6.07, 6.45) is 8.44. The minimum absolute atomic E-state index is 0.0492. The normalized spacial score (nSPS) is 18.3. The molecule has 0 radical (unpaired) electrons. The number of rotatable bonds is 8. The molecule has 0 amide bonds. The van der Waals surface area contributed by atoms with Crippen molar-refractivity contribution >= 4 is 0 Å². The molecule has 1 unspecified atom stereocenters. The highest BCUT2D eigenvalue weighted by Gasteiger charge is 2.29. The number of unbranched alkanes of at least 4 members (excludes halogenated alkanes) is 1. The number of aryl methyl sites for hydroxylation is 1. The smallest absolute Gasteiger partial charge is 0.180 e. The fourth-order valence-corrected chi connectivity index (χ4v) is 3.02. The largest absolute Gasteiger partial charge is 0.370 e. The molecule has 2 rings (SSSR count). The van der Waals surface area contributed by atoms with Gasteiger partial charge in [0.15, 0.2) is 5.82 Å². The molecule has 2 N–H and O–H groups in total. The van der Waals surface area contributed by atoms with E-state index in [4.69, 9.17) is 10.5 Å². The van der Waals surface area contributed by atoms with Crippen LogP contribution in [0.25, 0.3) is 0 Å². The maximum absolute atomic E-state index is 5.98. The Hall–Kier alpha value is -1.01. The van der Waals surface area contributed by atoms with Gasteiger partial charge in [0.1, 0.15) is 6.10 Å². The van der Waals surface area contributed by atoms with Gasteiger partial charge >= 0.3 is 0 Å². The molecule has 1 aromatic rings. The van der Waals surface area contributed by atoms with Crippen LogP contribution >= 0.6 is 0 Å². The first-order valence-electron chi connectivity index (χ1n) is 7.94. The predicted molar refractivity (Wildman–Crippen MR) is 77.0 cm³/mol. The summed E-state index contributed by atoms with van der Waals surface area (Å²) in [6.45, 7) is 4.29. The van der Waals surface area contributed by atoms with Gasteiger partial charge in [0, 0.05) is 13.2 Å². The molecule has 1 aliphatic rings. The molecule has 20 heavy (non-hydrogen) atoms. The third kappa shape index (κ3) is 3.99. The first-order chi connectivity index (χ1) is 9.86. The van der Waals surface area contributed by atoms with E-state index in [0.29, 0.717) is 12.5 Å². The van der Waals surface area contributed by atoms with Crippen LogP contribution in [0.3, 0.4) is 0 Å². The average molecular weight is 281 g/mol. The highest BCUT2D eigenvalue weighted by molar-refractivity contribution is 4.93. The second-order valence-electron chi connectivity index (χ2n) is 5.53. The van der Waals surface area contributed by atoms with E-state index in [1.54, 1.807) is 0 Å². The van der Waals surface area contributed by atoms with Gasteiger partial charge in [-0.05, 0) is 55.5 Å². The minimum Gasteiger partial charge on any atom is -0.370 e. The second-order valence-corrected chi connectivity index (χ2v) is 5.53. The van der Waals surface area contributed by atoms with Crippen molar-refractivity contribution in [3.63, 3.8) is 0 Å². The van der Waals surface area contributed by atoms with Gasteiger partial charge in [0.2, 0.25) is 0 Å². The molecule has 114 valence electrons. The summed E-state index contributed by atoms with van der Waals surface area (Å²) in [5.41, 5.74) is 5.54. The summed E-state index contributed by atoms with van der Waals surface area (Å²) in [4.78, 5) is 0. The lowest BCUT2D eigenvalue weighted by atomic mass is 9.85. The van der Waals surface area contributed by atoms with Crippen molar-refractivity contribution in [2.75, 3.05) is 13.2 Å². The molecule has 1 aromatic heterocycles. The van der Waals surface area contributed by atoms with Crippen LogP contribution in [0.4, 0.5) is 0 Å². The fraction of sp³-hybridized carbons (Fsp3) is 0.929. The van der Waals surface area contributed by atoms with Crippen molar-refractivity contribution in [3.8, 4) is 0 Å². The molecule has 1 saturated carbocycles. The van der Waals surface area contributed by atoms with E-state index in [1.165, 1.54) is 32.1 Å². The van der Waals surface area contributed by atoms with Gasteiger partial charge in [-0.2, -0.15) is 0 Å². The van der Waals surface area contributed by atoms with Crippen LogP contribution < -0.4 is 5.73 Å². The quantitative estimate of drug-likeness (QED) is 0.738. The zero-order valence-electron chi connectivity index (χ0n) is 12.5. The number of hydrogen-bond donors (Lipinski definition) is 1. The fourth-order valence-electron chi connectivity index (χ4n) is 3.02. The molecule has 1 aliphatic carbocycles.